The first-order chi connectivity index (χ1) is 9.92. The number of nitrogens with zero attached hydrogens (tertiary/aromatic N) is 1. The Morgan fingerprint density at radius 2 is 2.05 bits per heavy atom. The molecule has 21 heavy (non-hydrogen) atoms. The molecule has 0 amide bonds. The molecule has 1 aromatic rings. The second-order valence-corrected chi connectivity index (χ2v) is 6.44. The lowest BCUT2D eigenvalue weighted by atomic mass is 9.93. The normalized spacial score (nSPS) is 20.2. The van der Waals surface area contributed by atoms with Crippen LogP contribution in [0.4, 0.5) is 0 Å². The number of rotatable bonds is 5. The van der Waals surface area contributed by atoms with Crippen LogP contribution in [0.15, 0.2) is 18.2 Å². The third kappa shape index (κ3) is 4.11. The summed E-state index contributed by atoms with van der Waals surface area (Å²) < 4.78 is 5.45. The monoisotopic (exact) mass is 292 g/mol. The van der Waals surface area contributed by atoms with Crippen molar-refractivity contribution in [3.63, 3.8) is 0 Å². The van der Waals surface area contributed by atoms with Gasteiger partial charge in [0, 0.05) is 19.5 Å². The zero-order chi connectivity index (χ0) is 15.5. The Morgan fingerprint density at radius 1 is 1.38 bits per heavy atom. The highest BCUT2D eigenvalue weighted by Gasteiger charge is 2.30. The Morgan fingerprint density at radius 3 is 2.67 bits per heavy atom. The van der Waals surface area contributed by atoms with Crippen LogP contribution < -0.4 is 10.5 Å². The van der Waals surface area contributed by atoms with E-state index < -0.39 is 0 Å². The number of aromatic hydroxyl groups is 1. The van der Waals surface area contributed by atoms with Gasteiger partial charge in [0.1, 0.15) is 0 Å². The fourth-order valence-corrected chi connectivity index (χ4v) is 2.98. The highest BCUT2D eigenvalue weighted by atomic mass is 16.5. The maximum Gasteiger partial charge on any atom is 0.161 e. The quantitative estimate of drug-likeness (QED) is 0.876. The topological polar surface area (TPSA) is 58.7 Å². The predicted octanol–water partition coefficient (Wildman–Crippen LogP) is 2.74. The molecule has 1 aromatic carbocycles. The van der Waals surface area contributed by atoms with Gasteiger partial charge in [-0.15, -0.1) is 0 Å². The van der Waals surface area contributed by atoms with Crippen LogP contribution in [0, 0.1) is 5.92 Å². The number of ether oxygens (including phenoxy) is 1. The van der Waals surface area contributed by atoms with Crippen molar-refractivity contribution in [1.29, 1.82) is 0 Å². The van der Waals surface area contributed by atoms with Gasteiger partial charge in [-0.2, -0.15) is 0 Å². The van der Waals surface area contributed by atoms with E-state index in [9.17, 15) is 5.11 Å². The largest absolute Gasteiger partial charge is 0.504 e. The van der Waals surface area contributed by atoms with E-state index in [2.05, 4.69) is 18.7 Å². The molecule has 0 bridgehead atoms. The van der Waals surface area contributed by atoms with E-state index in [4.69, 9.17) is 10.5 Å². The lowest BCUT2D eigenvalue weighted by Gasteiger charge is -2.42. The average Bonchev–Trinajstić information content (AvgIpc) is 2.43. The van der Waals surface area contributed by atoms with Crippen LogP contribution >= 0.6 is 0 Å². The number of nitrogens with two attached hydrogens (primary N) is 1. The zero-order valence-corrected chi connectivity index (χ0v) is 13.4. The van der Waals surface area contributed by atoms with Crippen molar-refractivity contribution < 1.29 is 9.84 Å². The minimum atomic E-state index is -0.361. The van der Waals surface area contributed by atoms with E-state index in [1.165, 1.54) is 12.8 Å². The molecule has 1 heterocycles. The number of hydrogen-bond donors (Lipinski definition) is 2. The summed E-state index contributed by atoms with van der Waals surface area (Å²) in [6.45, 7) is 8.97. The number of hydrogen-bond acceptors (Lipinski definition) is 4. The summed E-state index contributed by atoms with van der Waals surface area (Å²) in [6, 6.07) is 5.51. The van der Waals surface area contributed by atoms with Gasteiger partial charge in [0.25, 0.3) is 0 Å². The van der Waals surface area contributed by atoms with Gasteiger partial charge in [0.2, 0.25) is 0 Å². The number of piperidine rings is 1. The molecule has 0 radical (unpaired) electrons. The van der Waals surface area contributed by atoms with Crippen molar-refractivity contribution in [3.8, 4) is 11.5 Å². The Balaban J connectivity index is 2.07. The molecule has 0 aliphatic carbocycles. The summed E-state index contributed by atoms with van der Waals surface area (Å²) in [4.78, 5) is 2.38. The zero-order valence-electron chi connectivity index (χ0n) is 13.4. The van der Waals surface area contributed by atoms with Gasteiger partial charge in [-0.1, -0.05) is 13.0 Å². The van der Waals surface area contributed by atoms with Crippen LogP contribution in [0.5, 0.6) is 11.5 Å². The summed E-state index contributed by atoms with van der Waals surface area (Å²) in [7, 11) is 0. The van der Waals surface area contributed by atoms with Gasteiger partial charge in [-0.05, 0) is 50.3 Å². The summed E-state index contributed by atoms with van der Waals surface area (Å²) >= 11 is 0. The molecule has 0 aromatic heterocycles. The molecule has 1 saturated heterocycles. The fourth-order valence-electron chi connectivity index (χ4n) is 2.98. The molecular weight excluding hydrogens is 264 g/mol. The number of benzene rings is 1. The molecule has 0 saturated carbocycles. The van der Waals surface area contributed by atoms with Crippen LogP contribution in [0.25, 0.3) is 0 Å². The Hall–Kier alpha value is -1.26. The minimum Gasteiger partial charge on any atom is -0.504 e. The van der Waals surface area contributed by atoms with Crippen LogP contribution in [-0.2, 0) is 6.42 Å². The summed E-state index contributed by atoms with van der Waals surface area (Å²) in [5, 5.41) is 9.78. The Labute approximate surface area is 127 Å². The lowest BCUT2D eigenvalue weighted by molar-refractivity contribution is 0.0694. The molecule has 1 aliphatic rings. The molecular formula is C17H28N2O2. The maximum atomic E-state index is 9.78. The summed E-state index contributed by atoms with van der Waals surface area (Å²) in [5.74, 6) is 1.53. The first kappa shape index (κ1) is 16.1. The molecule has 1 atom stereocenters. The first-order valence-electron chi connectivity index (χ1n) is 7.91. The summed E-state index contributed by atoms with van der Waals surface area (Å²) in [6.07, 6.45) is 3.18. The van der Waals surface area contributed by atoms with Gasteiger partial charge >= 0.3 is 0 Å². The molecule has 1 unspecified atom stereocenters. The van der Waals surface area contributed by atoms with Crippen molar-refractivity contribution in [3.05, 3.63) is 23.8 Å². The Kier molecular flexibility index (Phi) is 5.12. The van der Waals surface area contributed by atoms with Crippen LogP contribution in [-0.4, -0.2) is 35.4 Å². The molecule has 4 heteroatoms. The smallest absolute Gasteiger partial charge is 0.161 e. The standard InChI is InChI=1S/C17H28N2O2/c1-4-21-16-11-14(5-6-15(16)20)12-17(3,18)19-9-7-13(2)8-10-19/h5-6,11,13,20H,4,7-10,12,18H2,1-3H3. The van der Waals surface area contributed by atoms with Gasteiger partial charge in [-0.25, -0.2) is 0 Å². The number of phenols is 1. The van der Waals surface area contributed by atoms with Crippen LogP contribution in [0.2, 0.25) is 0 Å². The third-order valence-electron chi connectivity index (χ3n) is 4.39. The Bertz CT molecular complexity index is 466. The molecule has 4 nitrogen and oxygen atoms in total. The second kappa shape index (κ2) is 6.67. The van der Waals surface area contributed by atoms with Gasteiger partial charge in [0.15, 0.2) is 11.5 Å². The first-order valence-corrected chi connectivity index (χ1v) is 7.91. The van der Waals surface area contributed by atoms with Crippen molar-refractivity contribution in [1.82, 2.24) is 4.90 Å². The van der Waals surface area contributed by atoms with Crippen molar-refractivity contribution in [2.24, 2.45) is 11.7 Å². The van der Waals surface area contributed by atoms with E-state index in [0.29, 0.717) is 12.4 Å². The van der Waals surface area contributed by atoms with E-state index in [1.807, 2.05) is 19.1 Å². The van der Waals surface area contributed by atoms with Gasteiger partial charge in [-0.3, -0.25) is 4.90 Å². The second-order valence-electron chi connectivity index (χ2n) is 6.44. The van der Waals surface area contributed by atoms with Crippen molar-refractivity contribution in [2.75, 3.05) is 19.7 Å². The third-order valence-corrected chi connectivity index (χ3v) is 4.39. The van der Waals surface area contributed by atoms with Crippen LogP contribution in [0.1, 0.15) is 39.2 Å². The molecule has 2 rings (SSSR count). The number of likely N-dealkylation sites (tertiary alicyclic amines) is 1. The molecule has 118 valence electrons. The van der Waals surface area contributed by atoms with Gasteiger partial charge in [0.05, 0.1) is 12.3 Å². The minimum absolute atomic E-state index is 0.186. The molecule has 1 aliphatic heterocycles. The highest BCUT2D eigenvalue weighted by molar-refractivity contribution is 5.42. The van der Waals surface area contributed by atoms with E-state index in [0.717, 1.165) is 31.0 Å². The molecule has 0 spiro atoms. The van der Waals surface area contributed by atoms with Gasteiger partial charge < -0.3 is 15.6 Å². The highest BCUT2D eigenvalue weighted by Crippen LogP contribution is 2.29. The maximum absolute atomic E-state index is 9.78. The lowest BCUT2D eigenvalue weighted by Crippen LogP contribution is -2.57. The average molecular weight is 292 g/mol. The van der Waals surface area contributed by atoms with E-state index in [-0.39, 0.29) is 11.4 Å². The molecule has 3 N–H and O–H groups in total. The van der Waals surface area contributed by atoms with E-state index in [1.54, 1.807) is 6.07 Å². The van der Waals surface area contributed by atoms with Crippen molar-refractivity contribution >= 4 is 0 Å². The number of phenolic OH excluding ortho intramolecular Hbond substituents is 1. The molecule has 1 fully saturated rings. The van der Waals surface area contributed by atoms with Crippen LogP contribution in [0.3, 0.4) is 0 Å². The summed E-state index contributed by atoms with van der Waals surface area (Å²) in [5.41, 5.74) is 7.29. The SMILES string of the molecule is CCOc1cc(CC(C)(N)N2CCC(C)CC2)ccc1O. The van der Waals surface area contributed by atoms with Crippen molar-refractivity contribution in [2.45, 2.75) is 45.7 Å². The predicted molar refractivity (Wildman–Crippen MR) is 85.5 cm³/mol. The van der Waals surface area contributed by atoms with E-state index >= 15 is 0 Å². The fraction of sp³-hybridized carbons (Fsp3) is 0.647.